The van der Waals surface area contributed by atoms with Crippen molar-refractivity contribution in [2.45, 2.75) is 70.4 Å². The Morgan fingerprint density at radius 2 is 1.95 bits per heavy atom. The summed E-state index contributed by atoms with van der Waals surface area (Å²) in [6.07, 6.45) is 1.63. The molecule has 0 saturated carbocycles. The molecule has 0 spiro atoms. The fourth-order valence-corrected chi connectivity index (χ4v) is 4.95. The first-order valence-electron chi connectivity index (χ1n) is 13.6. The van der Waals surface area contributed by atoms with Gasteiger partial charge in [-0.15, -0.1) is 0 Å². The topological polar surface area (TPSA) is 125 Å². The van der Waals surface area contributed by atoms with Gasteiger partial charge in [0.1, 0.15) is 24.6 Å². The highest BCUT2D eigenvalue weighted by molar-refractivity contribution is 5.78. The van der Waals surface area contributed by atoms with Crippen molar-refractivity contribution in [3.05, 3.63) is 47.7 Å². The lowest BCUT2D eigenvalue weighted by Crippen LogP contribution is -2.49. The number of ether oxygens (including phenoxy) is 5. The Hall–Kier alpha value is -3.77. The van der Waals surface area contributed by atoms with Gasteiger partial charge in [-0.25, -0.2) is 14.2 Å². The minimum atomic E-state index is -1.00. The molecule has 1 fully saturated rings. The normalized spacial score (nSPS) is 19.5. The number of nitrogens with zero attached hydrogens (tertiary/aromatic N) is 4. The van der Waals surface area contributed by atoms with Crippen molar-refractivity contribution in [3.8, 4) is 17.4 Å². The zero-order valence-corrected chi connectivity index (χ0v) is 23.6. The number of carbonyl (C=O) groups excluding carboxylic acids is 1. The molecule has 0 radical (unpaired) electrons. The maximum absolute atomic E-state index is 14.8. The molecule has 41 heavy (non-hydrogen) atoms. The van der Waals surface area contributed by atoms with Crippen LogP contribution in [0, 0.1) is 5.82 Å². The summed E-state index contributed by atoms with van der Waals surface area (Å²) in [6, 6.07) is 4.78. The van der Waals surface area contributed by atoms with Crippen molar-refractivity contribution < 1.29 is 38.0 Å². The van der Waals surface area contributed by atoms with Crippen molar-refractivity contribution in [1.82, 2.24) is 19.9 Å². The van der Waals surface area contributed by atoms with Crippen molar-refractivity contribution >= 4 is 17.1 Å². The van der Waals surface area contributed by atoms with Crippen LogP contribution in [-0.4, -0.2) is 81.8 Å². The number of aliphatic hydroxyl groups excluding tert-OH is 1. The Morgan fingerprint density at radius 3 is 2.66 bits per heavy atom. The van der Waals surface area contributed by atoms with E-state index in [1.165, 1.54) is 7.11 Å². The second kappa shape index (κ2) is 12.0. The van der Waals surface area contributed by atoms with Gasteiger partial charge in [-0.1, -0.05) is 0 Å². The van der Waals surface area contributed by atoms with Crippen molar-refractivity contribution in [1.29, 1.82) is 0 Å². The third-order valence-electron chi connectivity index (χ3n) is 6.97. The van der Waals surface area contributed by atoms with E-state index in [0.717, 1.165) is 6.20 Å². The summed E-state index contributed by atoms with van der Waals surface area (Å²) in [5, 5.41) is 11.1. The van der Waals surface area contributed by atoms with Crippen LogP contribution in [0.3, 0.4) is 0 Å². The molecule has 1 saturated heterocycles. The minimum Gasteiger partial charge on any atom is -0.486 e. The van der Waals surface area contributed by atoms with E-state index >= 15 is 0 Å². The van der Waals surface area contributed by atoms with Crippen LogP contribution in [-0.2, 0) is 22.4 Å². The number of hydrogen-bond acceptors (Lipinski definition) is 10. The SMILES string of the molecule is COc1ccc2ncc(F)c(C[C@H](O)[C@@H]3CC[C@@H](N(Cc4cc5c(cn4)OCCO5)C(=O)OC(C)(C)C)CO3)c2n1. The van der Waals surface area contributed by atoms with E-state index in [2.05, 4.69) is 15.0 Å². The summed E-state index contributed by atoms with van der Waals surface area (Å²) in [5.74, 6) is 0.909. The second-order valence-electron chi connectivity index (χ2n) is 11.1. The Bertz CT molecular complexity index is 1390. The largest absolute Gasteiger partial charge is 0.486 e. The maximum Gasteiger partial charge on any atom is 0.410 e. The summed E-state index contributed by atoms with van der Waals surface area (Å²) in [6.45, 7) is 6.66. The number of rotatable bonds is 7. The van der Waals surface area contributed by atoms with E-state index in [4.69, 9.17) is 23.7 Å². The van der Waals surface area contributed by atoms with Gasteiger partial charge in [0.2, 0.25) is 5.88 Å². The summed E-state index contributed by atoms with van der Waals surface area (Å²) in [7, 11) is 1.48. The first-order valence-corrected chi connectivity index (χ1v) is 13.6. The summed E-state index contributed by atoms with van der Waals surface area (Å²) < 4.78 is 43.0. The Balaban J connectivity index is 1.28. The molecule has 0 aliphatic carbocycles. The monoisotopic (exact) mass is 570 g/mol. The van der Waals surface area contributed by atoms with E-state index in [9.17, 15) is 14.3 Å². The molecule has 0 unspecified atom stereocenters. The summed E-state index contributed by atoms with van der Waals surface area (Å²) in [4.78, 5) is 27.8. The second-order valence-corrected chi connectivity index (χ2v) is 11.1. The average molecular weight is 571 g/mol. The molecule has 0 bridgehead atoms. The van der Waals surface area contributed by atoms with Gasteiger partial charge in [-0.05, 0) is 39.7 Å². The van der Waals surface area contributed by atoms with Crippen LogP contribution in [0.4, 0.5) is 9.18 Å². The number of pyridine rings is 3. The van der Waals surface area contributed by atoms with Gasteiger partial charge in [0, 0.05) is 24.1 Å². The molecule has 2 aliphatic rings. The number of hydrogen-bond donors (Lipinski definition) is 1. The zero-order valence-electron chi connectivity index (χ0n) is 23.6. The van der Waals surface area contributed by atoms with Gasteiger partial charge in [0.15, 0.2) is 11.5 Å². The number of aliphatic hydroxyl groups is 1. The maximum atomic E-state index is 14.8. The number of fused-ring (bicyclic) bond motifs is 2. The Kier molecular flexibility index (Phi) is 8.41. The predicted molar refractivity (Wildman–Crippen MR) is 146 cm³/mol. The molecule has 1 N–H and O–H groups in total. The fraction of sp³-hybridized carbons (Fsp3) is 0.517. The highest BCUT2D eigenvalue weighted by Crippen LogP contribution is 2.31. The first kappa shape index (κ1) is 28.7. The number of aromatic nitrogens is 3. The van der Waals surface area contributed by atoms with E-state index in [1.54, 1.807) is 29.3 Å². The molecule has 12 heteroatoms. The van der Waals surface area contributed by atoms with Crippen molar-refractivity contribution in [2.75, 3.05) is 26.9 Å². The lowest BCUT2D eigenvalue weighted by atomic mass is 9.95. The van der Waals surface area contributed by atoms with E-state index in [-0.39, 0.29) is 31.2 Å². The standard InChI is InChI=1S/C29H35FN4O7/c1-29(2,3)41-28(36)34(15-17-11-24-25(14-31-17)39-10-9-38-24)18-5-7-23(40-16-18)22(35)12-19-20(30)13-32-21-6-8-26(37-4)33-27(19)21/h6,8,11,13-14,18,22-23,35H,5,7,9-10,12,15-16H2,1-4H3/t18-,22+,23+/m1/s1. The average Bonchev–Trinajstić information content (AvgIpc) is 2.96. The third kappa shape index (κ3) is 6.76. The quantitative estimate of drug-likeness (QED) is 0.448. The Labute approximate surface area is 237 Å². The molecule has 1 amide bonds. The van der Waals surface area contributed by atoms with Gasteiger partial charge < -0.3 is 28.8 Å². The number of amides is 1. The molecule has 5 heterocycles. The molecule has 5 rings (SSSR count). The van der Waals surface area contributed by atoms with E-state index in [1.807, 2.05) is 20.8 Å². The van der Waals surface area contributed by atoms with Gasteiger partial charge in [0.25, 0.3) is 0 Å². The molecule has 3 aromatic heterocycles. The summed E-state index contributed by atoms with van der Waals surface area (Å²) in [5.41, 5.74) is 0.995. The zero-order chi connectivity index (χ0) is 29.1. The lowest BCUT2D eigenvalue weighted by Gasteiger charge is -2.38. The van der Waals surface area contributed by atoms with Crippen molar-refractivity contribution in [3.63, 3.8) is 0 Å². The van der Waals surface area contributed by atoms with Crippen LogP contribution in [0.25, 0.3) is 11.0 Å². The molecular formula is C29H35FN4O7. The highest BCUT2D eigenvalue weighted by atomic mass is 19.1. The summed E-state index contributed by atoms with van der Waals surface area (Å²) >= 11 is 0. The van der Waals surface area contributed by atoms with Gasteiger partial charge >= 0.3 is 6.09 Å². The van der Waals surface area contributed by atoms with Crippen molar-refractivity contribution in [2.24, 2.45) is 0 Å². The van der Waals surface area contributed by atoms with Gasteiger partial charge in [-0.2, -0.15) is 0 Å². The molecule has 0 aromatic carbocycles. The molecule has 11 nitrogen and oxygen atoms in total. The first-order chi connectivity index (χ1) is 19.6. The fourth-order valence-electron chi connectivity index (χ4n) is 4.95. The number of halogens is 1. The molecule has 2 aliphatic heterocycles. The Morgan fingerprint density at radius 1 is 1.17 bits per heavy atom. The molecule has 3 atom stereocenters. The van der Waals surface area contributed by atoms with E-state index < -0.39 is 29.7 Å². The molecule has 220 valence electrons. The van der Waals surface area contributed by atoms with Crippen LogP contribution in [0.5, 0.6) is 17.4 Å². The highest BCUT2D eigenvalue weighted by Gasteiger charge is 2.35. The predicted octanol–water partition coefficient (Wildman–Crippen LogP) is 3.83. The van der Waals surface area contributed by atoms with Gasteiger partial charge in [-0.3, -0.25) is 14.9 Å². The van der Waals surface area contributed by atoms with Crippen LogP contribution >= 0.6 is 0 Å². The van der Waals surface area contributed by atoms with Gasteiger partial charge in [0.05, 0.1) is 67.6 Å². The smallest absolute Gasteiger partial charge is 0.410 e. The van der Waals surface area contributed by atoms with E-state index in [0.29, 0.717) is 60.2 Å². The van der Waals surface area contributed by atoms with Crippen LogP contribution in [0.2, 0.25) is 0 Å². The molecular weight excluding hydrogens is 535 g/mol. The third-order valence-corrected chi connectivity index (χ3v) is 6.97. The number of carbonyl (C=O) groups is 1. The molecule has 3 aromatic rings. The minimum absolute atomic E-state index is 0.0166. The number of methoxy groups -OCH3 is 1. The van der Waals surface area contributed by atoms with Crippen LogP contribution in [0.1, 0.15) is 44.9 Å². The van der Waals surface area contributed by atoms with Crippen LogP contribution in [0.15, 0.2) is 30.6 Å². The lowest BCUT2D eigenvalue weighted by molar-refractivity contribution is -0.0919. The van der Waals surface area contributed by atoms with Crippen LogP contribution < -0.4 is 14.2 Å².